The highest BCUT2D eigenvalue weighted by molar-refractivity contribution is 5.81. The van der Waals surface area contributed by atoms with Crippen molar-refractivity contribution in [2.45, 2.75) is 37.6 Å². The van der Waals surface area contributed by atoms with Gasteiger partial charge in [0.2, 0.25) is 6.29 Å². The van der Waals surface area contributed by atoms with E-state index >= 15 is 0 Å². The lowest BCUT2D eigenvalue weighted by atomic mass is 9.99. The molecular formula is C16H18O8. The van der Waals surface area contributed by atoms with Gasteiger partial charge in [-0.1, -0.05) is 0 Å². The lowest BCUT2D eigenvalue weighted by molar-refractivity contribution is -0.277. The zero-order valence-corrected chi connectivity index (χ0v) is 12.8. The minimum atomic E-state index is -1.53. The highest BCUT2D eigenvalue weighted by atomic mass is 16.7. The molecule has 0 bridgehead atoms. The second-order valence-electron chi connectivity index (χ2n) is 5.72. The largest absolute Gasteiger partial charge is 0.462 e. The Hall–Kier alpha value is -1.97. The van der Waals surface area contributed by atoms with Crippen LogP contribution in [0.25, 0.3) is 11.0 Å². The van der Waals surface area contributed by atoms with E-state index in [9.17, 15) is 20.1 Å². The summed E-state index contributed by atoms with van der Waals surface area (Å²) in [6.07, 6.45) is -6.85. The van der Waals surface area contributed by atoms with Gasteiger partial charge in [-0.2, -0.15) is 0 Å². The molecule has 0 saturated carbocycles. The molecule has 1 aliphatic rings. The van der Waals surface area contributed by atoms with Gasteiger partial charge in [-0.05, 0) is 24.6 Å². The van der Waals surface area contributed by atoms with Gasteiger partial charge in [0.25, 0.3) is 0 Å². The summed E-state index contributed by atoms with van der Waals surface area (Å²) in [7, 11) is 0. The van der Waals surface area contributed by atoms with Crippen molar-refractivity contribution in [1.82, 2.24) is 0 Å². The summed E-state index contributed by atoms with van der Waals surface area (Å²) in [4.78, 5) is 11.5. The van der Waals surface area contributed by atoms with Crippen molar-refractivity contribution in [2.75, 3.05) is 6.61 Å². The maximum atomic E-state index is 11.5. The van der Waals surface area contributed by atoms with Crippen LogP contribution in [0.5, 0.6) is 5.75 Å². The summed E-state index contributed by atoms with van der Waals surface area (Å²) in [5.74, 6) is 0.237. The van der Waals surface area contributed by atoms with E-state index in [1.54, 1.807) is 19.1 Å². The minimum absolute atomic E-state index is 0.237. The SMILES string of the molecule is Cc1cc(=O)oc2cc(O[C@@H]3O[C@H](CO)[C@@H](O)[C@@H](O)[C@@H]3O)ccc12. The zero-order chi connectivity index (χ0) is 17.4. The fourth-order valence-electron chi connectivity index (χ4n) is 2.68. The van der Waals surface area contributed by atoms with Gasteiger partial charge in [0.05, 0.1) is 6.61 Å². The van der Waals surface area contributed by atoms with Crippen molar-refractivity contribution >= 4 is 11.0 Å². The van der Waals surface area contributed by atoms with Crippen LogP contribution in [-0.4, -0.2) is 57.7 Å². The van der Waals surface area contributed by atoms with Crippen LogP contribution in [0.1, 0.15) is 5.56 Å². The average molecular weight is 338 g/mol. The first-order chi connectivity index (χ1) is 11.4. The van der Waals surface area contributed by atoms with E-state index in [0.29, 0.717) is 5.58 Å². The lowest BCUT2D eigenvalue weighted by Crippen LogP contribution is -2.60. The van der Waals surface area contributed by atoms with E-state index in [4.69, 9.17) is 19.0 Å². The number of hydrogen-bond acceptors (Lipinski definition) is 8. The van der Waals surface area contributed by atoms with Crippen molar-refractivity contribution in [3.8, 4) is 5.75 Å². The number of hydrogen-bond donors (Lipinski definition) is 4. The number of aryl methyl sites for hydroxylation is 1. The van der Waals surface area contributed by atoms with Crippen molar-refractivity contribution < 1.29 is 34.3 Å². The Bertz CT molecular complexity index is 783. The Balaban J connectivity index is 1.87. The molecule has 2 heterocycles. The van der Waals surface area contributed by atoms with Crippen LogP contribution in [0.3, 0.4) is 0 Å². The fraction of sp³-hybridized carbons (Fsp3) is 0.438. The summed E-state index contributed by atoms with van der Waals surface area (Å²) in [5.41, 5.74) is 0.563. The Morgan fingerprint density at radius 1 is 1.12 bits per heavy atom. The molecule has 0 unspecified atom stereocenters. The molecular weight excluding hydrogens is 320 g/mol. The van der Waals surface area contributed by atoms with Gasteiger partial charge in [-0.3, -0.25) is 0 Å². The molecule has 24 heavy (non-hydrogen) atoms. The van der Waals surface area contributed by atoms with Gasteiger partial charge in [-0.25, -0.2) is 4.79 Å². The normalized spacial score (nSPS) is 30.5. The van der Waals surface area contributed by atoms with Crippen LogP contribution < -0.4 is 10.4 Å². The van der Waals surface area contributed by atoms with Crippen molar-refractivity contribution in [2.24, 2.45) is 0 Å². The molecule has 1 fully saturated rings. The fourth-order valence-corrected chi connectivity index (χ4v) is 2.68. The van der Waals surface area contributed by atoms with Crippen LogP contribution in [-0.2, 0) is 4.74 Å². The summed E-state index contributed by atoms with van der Waals surface area (Å²) in [6, 6.07) is 6.12. The predicted octanol–water partition coefficient (Wildman–Crippen LogP) is -0.720. The van der Waals surface area contributed by atoms with Crippen molar-refractivity contribution in [3.05, 3.63) is 40.2 Å². The average Bonchev–Trinajstić information content (AvgIpc) is 2.55. The Morgan fingerprint density at radius 2 is 1.88 bits per heavy atom. The molecule has 4 N–H and O–H groups in total. The van der Waals surface area contributed by atoms with Crippen molar-refractivity contribution in [3.63, 3.8) is 0 Å². The zero-order valence-electron chi connectivity index (χ0n) is 12.8. The van der Waals surface area contributed by atoms with E-state index in [2.05, 4.69) is 0 Å². The molecule has 5 atom stereocenters. The lowest BCUT2D eigenvalue weighted by Gasteiger charge is -2.39. The summed E-state index contributed by atoms with van der Waals surface area (Å²) < 4.78 is 15.9. The maximum absolute atomic E-state index is 11.5. The van der Waals surface area contributed by atoms with Crippen LogP contribution in [0.15, 0.2) is 33.5 Å². The third kappa shape index (κ3) is 3.02. The molecule has 0 radical (unpaired) electrons. The number of aliphatic hydroxyl groups is 4. The number of ether oxygens (including phenoxy) is 2. The van der Waals surface area contributed by atoms with Crippen LogP contribution in [0, 0.1) is 6.92 Å². The Kier molecular flexibility index (Phi) is 4.57. The molecule has 1 aromatic carbocycles. The molecule has 0 spiro atoms. The number of benzene rings is 1. The van der Waals surface area contributed by atoms with Gasteiger partial charge in [0.1, 0.15) is 35.7 Å². The van der Waals surface area contributed by atoms with Crippen LogP contribution in [0.2, 0.25) is 0 Å². The van der Waals surface area contributed by atoms with Gasteiger partial charge in [0, 0.05) is 17.5 Å². The Labute approximate surface area is 136 Å². The third-order valence-corrected chi connectivity index (χ3v) is 4.02. The predicted molar refractivity (Wildman–Crippen MR) is 81.6 cm³/mol. The first kappa shape index (κ1) is 16.9. The summed E-state index contributed by atoms with van der Waals surface area (Å²) in [6.45, 7) is 1.23. The highest BCUT2D eigenvalue weighted by Gasteiger charge is 2.44. The molecule has 8 heteroatoms. The number of aliphatic hydroxyl groups excluding tert-OH is 4. The van der Waals surface area contributed by atoms with Gasteiger partial charge < -0.3 is 34.3 Å². The van der Waals surface area contributed by atoms with E-state index in [1.165, 1.54) is 12.1 Å². The van der Waals surface area contributed by atoms with E-state index in [0.717, 1.165) is 10.9 Å². The van der Waals surface area contributed by atoms with Gasteiger partial charge in [0.15, 0.2) is 0 Å². The molecule has 3 rings (SSSR count). The molecule has 2 aromatic rings. The monoisotopic (exact) mass is 338 g/mol. The Morgan fingerprint density at radius 3 is 2.58 bits per heavy atom. The van der Waals surface area contributed by atoms with Crippen molar-refractivity contribution in [1.29, 1.82) is 0 Å². The topological polar surface area (TPSA) is 130 Å². The van der Waals surface area contributed by atoms with Crippen LogP contribution >= 0.6 is 0 Å². The van der Waals surface area contributed by atoms with Crippen LogP contribution in [0.4, 0.5) is 0 Å². The second-order valence-corrected chi connectivity index (χ2v) is 5.72. The minimum Gasteiger partial charge on any atom is -0.462 e. The van der Waals surface area contributed by atoms with Gasteiger partial charge in [-0.15, -0.1) is 0 Å². The molecule has 8 nitrogen and oxygen atoms in total. The molecule has 0 amide bonds. The molecule has 130 valence electrons. The number of rotatable bonds is 3. The first-order valence-corrected chi connectivity index (χ1v) is 7.42. The molecule has 0 aliphatic carbocycles. The maximum Gasteiger partial charge on any atom is 0.336 e. The third-order valence-electron chi connectivity index (χ3n) is 4.02. The summed E-state index contributed by atoms with van der Waals surface area (Å²) >= 11 is 0. The number of fused-ring (bicyclic) bond motifs is 1. The quantitative estimate of drug-likeness (QED) is 0.540. The van der Waals surface area contributed by atoms with Gasteiger partial charge >= 0.3 is 5.63 Å². The van der Waals surface area contributed by atoms with E-state index in [-0.39, 0.29) is 5.75 Å². The molecule has 1 aromatic heterocycles. The highest BCUT2D eigenvalue weighted by Crippen LogP contribution is 2.27. The van der Waals surface area contributed by atoms with E-state index < -0.39 is 42.9 Å². The summed E-state index contributed by atoms with van der Waals surface area (Å²) in [5, 5.41) is 39.4. The molecule has 1 aliphatic heterocycles. The first-order valence-electron chi connectivity index (χ1n) is 7.42. The van der Waals surface area contributed by atoms with E-state index in [1.807, 2.05) is 0 Å². The molecule has 1 saturated heterocycles. The standard InChI is InChI=1S/C16H18O8/c1-7-4-12(18)23-10-5-8(2-3-9(7)10)22-16-15(21)14(20)13(19)11(6-17)24-16/h2-5,11,13-17,19-21H,6H2,1H3/t11-,13-,14-,15+,16-/m1/s1. The second kappa shape index (κ2) is 6.50. The smallest absolute Gasteiger partial charge is 0.336 e.